The molecule has 1 aliphatic rings. The molecule has 0 saturated heterocycles. The molecule has 102 valence electrons. The van der Waals surface area contributed by atoms with Gasteiger partial charge in [-0.3, -0.25) is 15.0 Å². The van der Waals surface area contributed by atoms with E-state index < -0.39 is 0 Å². The monoisotopic (exact) mass is 273 g/mol. The van der Waals surface area contributed by atoms with E-state index in [0.29, 0.717) is 0 Å². The van der Waals surface area contributed by atoms with Gasteiger partial charge in [-0.2, -0.15) is 0 Å². The Balaban J connectivity index is 1.94. The van der Waals surface area contributed by atoms with Crippen molar-refractivity contribution < 1.29 is 0 Å². The van der Waals surface area contributed by atoms with E-state index in [-0.39, 0.29) is 5.41 Å². The average molecular weight is 273 g/mol. The second-order valence-corrected chi connectivity index (χ2v) is 5.90. The molecule has 0 bridgehead atoms. The van der Waals surface area contributed by atoms with E-state index in [2.05, 4.69) is 35.9 Å². The van der Waals surface area contributed by atoms with Crippen LogP contribution in [0.4, 0.5) is 0 Å². The predicted molar refractivity (Wildman–Crippen MR) is 82.8 cm³/mol. The lowest BCUT2D eigenvalue weighted by atomic mass is 9.83. The Labute approximate surface area is 123 Å². The largest absolute Gasteiger partial charge is 0.265 e. The highest BCUT2D eigenvalue weighted by molar-refractivity contribution is 5.79. The first-order valence-corrected chi connectivity index (χ1v) is 7.04. The quantitative estimate of drug-likeness (QED) is 0.676. The molecule has 0 saturated carbocycles. The molecule has 1 aliphatic carbocycles. The summed E-state index contributed by atoms with van der Waals surface area (Å²) >= 11 is 0. The molecular weight excluding hydrogens is 258 g/mol. The maximum Gasteiger partial charge on any atom is 0.0747 e. The smallest absolute Gasteiger partial charge is 0.0747 e. The van der Waals surface area contributed by atoms with Gasteiger partial charge in [0.15, 0.2) is 0 Å². The molecule has 0 radical (unpaired) electrons. The lowest BCUT2D eigenvalue weighted by Gasteiger charge is -2.20. The maximum atomic E-state index is 4.72. The Bertz CT molecular complexity index is 823. The van der Waals surface area contributed by atoms with Gasteiger partial charge in [-0.25, -0.2) is 0 Å². The van der Waals surface area contributed by atoms with E-state index in [0.717, 1.165) is 16.8 Å². The zero-order valence-corrected chi connectivity index (χ0v) is 12.0. The van der Waals surface area contributed by atoms with Crippen molar-refractivity contribution in [2.45, 2.75) is 19.3 Å². The molecule has 3 heteroatoms. The third-order valence-electron chi connectivity index (χ3n) is 4.32. The molecule has 3 aromatic rings. The van der Waals surface area contributed by atoms with Crippen LogP contribution in [0, 0.1) is 0 Å². The van der Waals surface area contributed by atoms with Crippen molar-refractivity contribution in [2.24, 2.45) is 0 Å². The van der Waals surface area contributed by atoms with Crippen LogP contribution in [0.1, 0.15) is 25.0 Å². The van der Waals surface area contributed by atoms with E-state index in [4.69, 9.17) is 4.98 Å². The number of pyridine rings is 3. The first kappa shape index (κ1) is 12.2. The van der Waals surface area contributed by atoms with Crippen LogP contribution in [0.25, 0.3) is 22.4 Å². The molecule has 0 spiro atoms. The second-order valence-electron chi connectivity index (χ2n) is 5.90. The lowest BCUT2D eigenvalue weighted by molar-refractivity contribution is 0.656. The molecule has 0 unspecified atom stereocenters. The van der Waals surface area contributed by atoms with Crippen LogP contribution >= 0.6 is 0 Å². The van der Waals surface area contributed by atoms with Crippen LogP contribution in [0.5, 0.6) is 0 Å². The van der Waals surface area contributed by atoms with Crippen LogP contribution in [0.15, 0.2) is 55.2 Å². The van der Waals surface area contributed by atoms with Gasteiger partial charge >= 0.3 is 0 Å². The molecule has 0 fully saturated rings. The average Bonchev–Trinajstić information content (AvgIpc) is 2.77. The topological polar surface area (TPSA) is 38.7 Å². The summed E-state index contributed by atoms with van der Waals surface area (Å²) in [5.41, 5.74) is 7.01. The van der Waals surface area contributed by atoms with E-state index in [1.165, 1.54) is 16.7 Å². The fourth-order valence-electron chi connectivity index (χ4n) is 3.10. The third kappa shape index (κ3) is 1.70. The van der Waals surface area contributed by atoms with Crippen molar-refractivity contribution >= 4 is 0 Å². The first-order chi connectivity index (χ1) is 10.2. The number of hydrogen-bond acceptors (Lipinski definition) is 3. The lowest BCUT2D eigenvalue weighted by Crippen LogP contribution is -2.15. The van der Waals surface area contributed by atoms with Gasteiger partial charge in [0.05, 0.1) is 5.69 Å². The van der Waals surface area contributed by atoms with Gasteiger partial charge in [-0.05, 0) is 41.0 Å². The molecular formula is C18H15N3. The highest BCUT2D eigenvalue weighted by Gasteiger charge is 2.36. The van der Waals surface area contributed by atoms with Gasteiger partial charge in [0.1, 0.15) is 0 Å². The van der Waals surface area contributed by atoms with E-state index in [9.17, 15) is 0 Å². The minimum Gasteiger partial charge on any atom is -0.265 e. The van der Waals surface area contributed by atoms with E-state index >= 15 is 0 Å². The summed E-state index contributed by atoms with van der Waals surface area (Å²) in [6.07, 6.45) is 9.37. The highest BCUT2D eigenvalue weighted by atomic mass is 14.7. The molecule has 0 atom stereocenters. The number of rotatable bonds is 1. The van der Waals surface area contributed by atoms with Crippen molar-refractivity contribution in [3.8, 4) is 22.4 Å². The van der Waals surface area contributed by atoms with Gasteiger partial charge in [-0.15, -0.1) is 0 Å². The normalized spacial score (nSPS) is 14.6. The Morgan fingerprint density at radius 1 is 0.810 bits per heavy atom. The Kier molecular flexibility index (Phi) is 2.45. The zero-order valence-electron chi connectivity index (χ0n) is 12.0. The Morgan fingerprint density at radius 3 is 2.38 bits per heavy atom. The number of fused-ring (bicyclic) bond motifs is 3. The van der Waals surface area contributed by atoms with Crippen LogP contribution in [-0.2, 0) is 5.41 Å². The second kappa shape index (κ2) is 4.22. The minimum atomic E-state index is -0.0605. The summed E-state index contributed by atoms with van der Waals surface area (Å²) in [6.45, 7) is 4.47. The maximum absolute atomic E-state index is 4.72. The van der Waals surface area contributed by atoms with Gasteiger partial charge in [0.2, 0.25) is 0 Å². The molecule has 0 aliphatic heterocycles. The van der Waals surface area contributed by atoms with E-state index in [1.807, 2.05) is 43.1 Å². The van der Waals surface area contributed by atoms with Crippen LogP contribution < -0.4 is 0 Å². The number of nitrogens with zero attached hydrogens (tertiary/aromatic N) is 3. The summed E-state index contributed by atoms with van der Waals surface area (Å²) < 4.78 is 0. The fourth-order valence-corrected chi connectivity index (χ4v) is 3.10. The molecule has 21 heavy (non-hydrogen) atoms. The molecule has 3 nitrogen and oxygen atoms in total. The standard InChI is InChI=1S/C18H15N3/c1-18(2)15-9-13(12-3-6-19-7-4-12)10-21-17(15)14-5-8-20-11-16(14)18/h3-11H,1-2H3. The van der Waals surface area contributed by atoms with Crippen LogP contribution in [0.2, 0.25) is 0 Å². The van der Waals surface area contributed by atoms with Crippen molar-refractivity contribution in [2.75, 3.05) is 0 Å². The van der Waals surface area contributed by atoms with Crippen LogP contribution in [-0.4, -0.2) is 15.0 Å². The Morgan fingerprint density at radius 2 is 1.57 bits per heavy atom. The summed E-state index contributed by atoms with van der Waals surface area (Å²) in [7, 11) is 0. The fraction of sp³-hybridized carbons (Fsp3) is 0.167. The van der Waals surface area contributed by atoms with Gasteiger partial charge in [-0.1, -0.05) is 13.8 Å². The molecule has 0 N–H and O–H groups in total. The number of hydrogen-bond donors (Lipinski definition) is 0. The summed E-state index contributed by atoms with van der Waals surface area (Å²) in [5, 5.41) is 0. The van der Waals surface area contributed by atoms with Gasteiger partial charge in [0, 0.05) is 47.5 Å². The molecule has 0 amide bonds. The van der Waals surface area contributed by atoms with Gasteiger partial charge < -0.3 is 0 Å². The summed E-state index contributed by atoms with van der Waals surface area (Å²) in [5.74, 6) is 0. The zero-order chi connectivity index (χ0) is 14.4. The molecule has 4 rings (SSSR count). The Hall–Kier alpha value is -2.55. The van der Waals surface area contributed by atoms with Crippen molar-refractivity contribution in [1.29, 1.82) is 0 Å². The minimum absolute atomic E-state index is 0.0605. The van der Waals surface area contributed by atoms with Crippen molar-refractivity contribution in [1.82, 2.24) is 15.0 Å². The highest BCUT2D eigenvalue weighted by Crippen LogP contribution is 2.47. The number of aromatic nitrogens is 3. The van der Waals surface area contributed by atoms with E-state index in [1.54, 1.807) is 0 Å². The van der Waals surface area contributed by atoms with Crippen molar-refractivity contribution in [3.63, 3.8) is 0 Å². The SMILES string of the molecule is CC1(C)c2cnccc2-c2ncc(-c3ccncc3)cc21. The molecule has 3 aromatic heterocycles. The van der Waals surface area contributed by atoms with Crippen molar-refractivity contribution in [3.05, 3.63) is 66.4 Å². The first-order valence-electron chi connectivity index (χ1n) is 7.04. The summed E-state index contributed by atoms with van der Waals surface area (Å²) in [6, 6.07) is 8.33. The van der Waals surface area contributed by atoms with Crippen LogP contribution in [0.3, 0.4) is 0 Å². The van der Waals surface area contributed by atoms with Gasteiger partial charge in [0.25, 0.3) is 0 Å². The molecule has 0 aromatic carbocycles. The molecule has 3 heterocycles. The predicted octanol–water partition coefficient (Wildman–Crippen LogP) is 3.84. The summed E-state index contributed by atoms with van der Waals surface area (Å²) in [4.78, 5) is 13.1. The third-order valence-corrected chi connectivity index (χ3v) is 4.32.